The van der Waals surface area contributed by atoms with Crippen molar-refractivity contribution in [3.05, 3.63) is 29.8 Å². The molecule has 0 aliphatic heterocycles. The molecule has 17 heavy (non-hydrogen) atoms. The Morgan fingerprint density at radius 3 is 2.94 bits per heavy atom. The Morgan fingerprint density at radius 2 is 2.18 bits per heavy atom. The summed E-state index contributed by atoms with van der Waals surface area (Å²) in [5, 5.41) is 11.8. The molecule has 0 aliphatic carbocycles. The molecule has 0 fully saturated rings. The van der Waals surface area contributed by atoms with E-state index in [1.165, 1.54) is 0 Å². The van der Waals surface area contributed by atoms with Gasteiger partial charge in [0.05, 0.1) is 0 Å². The lowest BCUT2D eigenvalue weighted by Gasteiger charge is -2.09. The van der Waals surface area contributed by atoms with E-state index < -0.39 is 0 Å². The van der Waals surface area contributed by atoms with Gasteiger partial charge in [-0.25, -0.2) is 0 Å². The third kappa shape index (κ3) is 5.06. The van der Waals surface area contributed by atoms with Crippen molar-refractivity contribution in [3.8, 4) is 24.2 Å². The highest BCUT2D eigenvalue weighted by Crippen LogP contribution is 2.17. The third-order valence-electron chi connectivity index (χ3n) is 2.25. The van der Waals surface area contributed by atoms with E-state index in [4.69, 9.17) is 16.4 Å². The minimum absolute atomic E-state index is 0.0775. The van der Waals surface area contributed by atoms with Crippen LogP contribution in [0.4, 0.5) is 0 Å². The summed E-state index contributed by atoms with van der Waals surface area (Å²) in [7, 11) is 0. The number of hydrogen-bond donors (Lipinski definition) is 1. The van der Waals surface area contributed by atoms with Crippen LogP contribution in [0.25, 0.3) is 0 Å². The summed E-state index contributed by atoms with van der Waals surface area (Å²) in [6, 6.07) is 9.67. The standard InChI is InChI=1S/C14H16N2O/c1-2-3-6-10-16-12-13-7-4-5-8-14(13)17-11-9-15/h1,4-5,7-8,16H,3,6,10-12H2. The average Bonchev–Trinajstić information content (AvgIpc) is 2.37. The number of terminal acetylenes is 1. The molecule has 0 amide bonds. The lowest BCUT2D eigenvalue weighted by molar-refractivity contribution is 0.362. The highest BCUT2D eigenvalue weighted by atomic mass is 16.5. The van der Waals surface area contributed by atoms with E-state index in [1.54, 1.807) is 0 Å². The van der Waals surface area contributed by atoms with E-state index in [-0.39, 0.29) is 6.61 Å². The van der Waals surface area contributed by atoms with Crippen LogP contribution in [0.3, 0.4) is 0 Å². The minimum Gasteiger partial charge on any atom is -0.478 e. The number of nitrogens with one attached hydrogen (secondary N) is 1. The molecule has 3 nitrogen and oxygen atoms in total. The molecule has 0 atom stereocenters. The first kappa shape index (κ1) is 13.1. The fraction of sp³-hybridized carbons (Fsp3) is 0.357. The quantitative estimate of drug-likeness (QED) is 0.574. The lowest BCUT2D eigenvalue weighted by atomic mass is 10.2. The number of ether oxygens (including phenoxy) is 1. The summed E-state index contributed by atoms with van der Waals surface area (Å²) in [6.07, 6.45) is 6.93. The first-order valence-electron chi connectivity index (χ1n) is 5.60. The van der Waals surface area contributed by atoms with E-state index in [0.29, 0.717) is 0 Å². The van der Waals surface area contributed by atoms with E-state index >= 15 is 0 Å². The average molecular weight is 228 g/mol. The van der Waals surface area contributed by atoms with E-state index in [1.807, 2.05) is 30.3 Å². The Morgan fingerprint density at radius 1 is 1.35 bits per heavy atom. The second-order valence-electron chi connectivity index (χ2n) is 3.54. The van der Waals surface area contributed by atoms with Gasteiger partial charge in [0, 0.05) is 18.5 Å². The number of nitrogens with zero attached hydrogens (tertiary/aromatic N) is 1. The Bertz CT molecular complexity index is 415. The van der Waals surface area contributed by atoms with Crippen molar-refractivity contribution in [2.75, 3.05) is 13.2 Å². The van der Waals surface area contributed by atoms with Crippen LogP contribution in [0.5, 0.6) is 5.75 Å². The largest absolute Gasteiger partial charge is 0.478 e. The number of unbranched alkanes of at least 4 members (excludes halogenated alkanes) is 1. The molecule has 0 radical (unpaired) electrons. The first-order valence-corrected chi connectivity index (χ1v) is 5.60. The van der Waals surface area contributed by atoms with Gasteiger partial charge < -0.3 is 10.1 Å². The SMILES string of the molecule is C#CCCCNCc1ccccc1OCC#N. The second-order valence-corrected chi connectivity index (χ2v) is 3.54. The summed E-state index contributed by atoms with van der Waals surface area (Å²) >= 11 is 0. The molecule has 0 bridgehead atoms. The third-order valence-corrected chi connectivity index (χ3v) is 2.25. The van der Waals surface area contributed by atoms with Gasteiger partial charge in [-0.05, 0) is 19.0 Å². The van der Waals surface area contributed by atoms with Gasteiger partial charge in [-0.15, -0.1) is 12.3 Å². The minimum atomic E-state index is 0.0775. The summed E-state index contributed by atoms with van der Waals surface area (Å²) < 4.78 is 5.33. The molecular formula is C14H16N2O. The molecule has 1 aromatic rings. The number of hydrogen-bond acceptors (Lipinski definition) is 3. The zero-order valence-corrected chi connectivity index (χ0v) is 9.78. The summed E-state index contributed by atoms with van der Waals surface area (Å²) in [5.41, 5.74) is 1.06. The van der Waals surface area contributed by atoms with E-state index in [0.717, 1.165) is 37.2 Å². The van der Waals surface area contributed by atoms with Crippen LogP contribution in [0.2, 0.25) is 0 Å². The molecular weight excluding hydrogens is 212 g/mol. The molecule has 0 saturated carbocycles. The molecule has 1 N–H and O–H groups in total. The summed E-state index contributed by atoms with van der Waals surface area (Å²) in [6.45, 7) is 1.69. The van der Waals surface area contributed by atoms with Crippen LogP contribution in [0, 0.1) is 23.7 Å². The van der Waals surface area contributed by atoms with Crippen molar-refractivity contribution < 1.29 is 4.74 Å². The molecule has 1 rings (SSSR count). The number of rotatable bonds is 7. The second kappa shape index (κ2) is 8.21. The van der Waals surface area contributed by atoms with Gasteiger partial charge in [0.15, 0.2) is 6.61 Å². The number of nitriles is 1. The van der Waals surface area contributed by atoms with Crippen LogP contribution < -0.4 is 10.1 Å². The smallest absolute Gasteiger partial charge is 0.174 e. The zero-order chi connectivity index (χ0) is 12.3. The lowest BCUT2D eigenvalue weighted by Crippen LogP contribution is -2.15. The van der Waals surface area contributed by atoms with Crippen LogP contribution in [0.1, 0.15) is 18.4 Å². The predicted octanol–water partition coefficient (Wildman–Crippen LogP) is 2.09. The maximum Gasteiger partial charge on any atom is 0.174 e. The van der Waals surface area contributed by atoms with E-state index in [9.17, 15) is 0 Å². The molecule has 0 aliphatic rings. The van der Waals surface area contributed by atoms with Crippen molar-refractivity contribution in [1.29, 1.82) is 5.26 Å². The molecule has 0 heterocycles. The Labute approximate surface area is 102 Å². The van der Waals surface area contributed by atoms with Crippen molar-refractivity contribution >= 4 is 0 Å². The molecule has 0 spiro atoms. The highest BCUT2D eigenvalue weighted by molar-refractivity contribution is 5.33. The van der Waals surface area contributed by atoms with Gasteiger partial charge in [-0.2, -0.15) is 5.26 Å². The zero-order valence-electron chi connectivity index (χ0n) is 9.78. The maximum atomic E-state index is 8.48. The van der Waals surface area contributed by atoms with Gasteiger partial charge in [0.1, 0.15) is 11.8 Å². The molecule has 88 valence electrons. The van der Waals surface area contributed by atoms with Crippen molar-refractivity contribution in [2.24, 2.45) is 0 Å². The first-order chi connectivity index (χ1) is 8.38. The van der Waals surface area contributed by atoms with Gasteiger partial charge in [0.2, 0.25) is 0 Å². The van der Waals surface area contributed by atoms with Gasteiger partial charge in [-0.3, -0.25) is 0 Å². The molecule has 0 saturated heterocycles. The summed E-state index contributed by atoms with van der Waals surface area (Å²) in [4.78, 5) is 0. The normalized spacial score (nSPS) is 9.29. The predicted molar refractivity (Wildman–Crippen MR) is 67.3 cm³/mol. The Kier molecular flexibility index (Phi) is 6.33. The topological polar surface area (TPSA) is 45.0 Å². The van der Waals surface area contributed by atoms with Crippen LogP contribution in [0.15, 0.2) is 24.3 Å². The van der Waals surface area contributed by atoms with Gasteiger partial charge in [-0.1, -0.05) is 18.2 Å². The number of benzene rings is 1. The van der Waals surface area contributed by atoms with Gasteiger partial charge in [0.25, 0.3) is 0 Å². The molecule has 0 aromatic heterocycles. The fourth-order valence-corrected chi connectivity index (χ4v) is 1.44. The molecule has 1 aromatic carbocycles. The fourth-order valence-electron chi connectivity index (χ4n) is 1.44. The van der Waals surface area contributed by atoms with Crippen molar-refractivity contribution in [1.82, 2.24) is 5.32 Å². The highest BCUT2D eigenvalue weighted by Gasteiger charge is 2.01. The summed E-state index contributed by atoms with van der Waals surface area (Å²) in [5.74, 6) is 3.37. The van der Waals surface area contributed by atoms with Crippen molar-refractivity contribution in [3.63, 3.8) is 0 Å². The van der Waals surface area contributed by atoms with Gasteiger partial charge >= 0.3 is 0 Å². The van der Waals surface area contributed by atoms with Crippen LogP contribution in [-0.2, 0) is 6.54 Å². The van der Waals surface area contributed by atoms with E-state index in [2.05, 4.69) is 11.2 Å². The van der Waals surface area contributed by atoms with Crippen molar-refractivity contribution in [2.45, 2.75) is 19.4 Å². The van der Waals surface area contributed by atoms with Crippen LogP contribution in [-0.4, -0.2) is 13.2 Å². The Balaban J connectivity index is 2.41. The Hall–Kier alpha value is -1.97. The van der Waals surface area contributed by atoms with Crippen LogP contribution >= 0.6 is 0 Å². The number of para-hydroxylation sites is 1. The maximum absolute atomic E-state index is 8.48. The molecule has 3 heteroatoms. The molecule has 0 unspecified atom stereocenters. The monoisotopic (exact) mass is 228 g/mol.